The molecule has 0 unspecified atom stereocenters. The van der Waals surface area contributed by atoms with E-state index >= 15 is 0 Å². The van der Waals surface area contributed by atoms with E-state index in [1.165, 1.54) is 32.4 Å². The number of carbonyl (C=O) groups is 1. The molecule has 1 amide bonds. The Kier molecular flexibility index (Phi) is 12.9. The van der Waals surface area contributed by atoms with Crippen LogP contribution in [-0.4, -0.2) is 62.6 Å². The maximum Gasteiger partial charge on any atom is 0.251 e. The maximum atomic E-state index is 12.0. The highest BCUT2D eigenvalue weighted by atomic mass is 127. The molecule has 152 valence electrons. The zero-order chi connectivity index (χ0) is 18.5. The van der Waals surface area contributed by atoms with Gasteiger partial charge in [-0.25, -0.2) is 0 Å². The van der Waals surface area contributed by atoms with Gasteiger partial charge in [-0.15, -0.1) is 24.0 Å². The molecule has 1 aromatic carbocycles. The highest BCUT2D eigenvalue weighted by Crippen LogP contribution is 2.07. The minimum atomic E-state index is -0.0267. The van der Waals surface area contributed by atoms with E-state index < -0.39 is 0 Å². The van der Waals surface area contributed by atoms with Gasteiger partial charge in [-0.2, -0.15) is 0 Å². The summed E-state index contributed by atoms with van der Waals surface area (Å²) in [6, 6.07) is 9.30. The summed E-state index contributed by atoms with van der Waals surface area (Å²) < 4.78 is 0. The molecule has 1 aliphatic heterocycles. The van der Waals surface area contributed by atoms with Crippen molar-refractivity contribution in [2.75, 3.05) is 45.8 Å². The zero-order valence-corrected chi connectivity index (χ0v) is 18.7. The fourth-order valence-corrected chi connectivity index (χ4v) is 3.02. The van der Waals surface area contributed by atoms with E-state index in [0.29, 0.717) is 18.7 Å². The van der Waals surface area contributed by atoms with Crippen molar-refractivity contribution >= 4 is 35.8 Å². The zero-order valence-electron chi connectivity index (χ0n) is 16.4. The van der Waals surface area contributed by atoms with Crippen LogP contribution >= 0.6 is 24.0 Å². The third-order valence-corrected chi connectivity index (χ3v) is 4.44. The lowest BCUT2D eigenvalue weighted by molar-refractivity contribution is 0.0953. The van der Waals surface area contributed by atoms with Crippen LogP contribution in [-0.2, 0) is 0 Å². The molecule has 1 heterocycles. The molecule has 6 nitrogen and oxygen atoms in total. The minimum Gasteiger partial charge on any atom is -0.357 e. The molecule has 1 aliphatic rings. The van der Waals surface area contributed by atoms with E-state index in [1.54, 1.807) is 0 Å². The lowest BCUT2D eigenvalue weighted by Crippen LogP contribution is -2.42. The summed E-state index contributed by atoms with van der Waals surface area (Å²) in [7, 11) is 0. The van der Waals surface area contributed by atoms with Crippen LogP contribution in [0.15, 0.2) is 35.3 Å². The first-order valence-corrected chi connectivity index (χ1v) is 9.87. The van der Waals surface area contributed by atoms with Gasteiger partial charge in [-0.1, -0.05) is 24.6 Å². The molecule has 0 aromatic heterocycles. The Morgan fingerprint density at radius 1 is 1.04 bits per heavy atom. The predicted molar refractivity (Wildman–Crippen MR) is 123 cm³/mol. The fraction of sp³-hybridized carbons (Fsp3) is 0.600. The molecule has 3 N–H and O–H groups in total. The topological polar surface area (TPSA) is 68.8 Å². The summed E-state index contributed by atoms with van der Waals surface area (Å²) in [5.74, 6) is 0.833. The first-order valence-electron chi connectivity index (χ1n) is 9.87. The molecule has 7 heteroatoms. The molecular weight excluding hydrogens is 453 g/mol. The number of piperidine rings is 1. The van der Waals surface area contributed by atoms with Crippen LogP contribution in [0.3, 0.4) is 0 Å². The van der Waals surface area contributed by atoms with Gasteiger partial charge in [0.2, 0.25) is 0 Å². The summed E-state index contributed by atoms with van der Waals surface area (Å²) in [5, 5.41) is 9.62. The van der Waals surface area contributed by atoms with Crippen LogP contribution < -0.4 is 16.0 Å². The molecule has 0 spiro atoms. The summed E-state index contributed by atoms with van der Waals surface area (Å²) in [5.41, 5.74) is 0.698. The first-order chi connectivity index (χ1) is 12.8. The van der Waals surface area contributed by atoms with Crippen molar-refractivity contribution in [3.63, 3.8) is 0 Å². The van der Waals surface area contributed by atoms with Gasteiger partial charge in [0.05, 0.1) is 0 Å². The third kappa shape index (κ3) is 9.95. The molecule has 1 aromatic rings. The van der Waals surface area contributed by atoms with Crippen LogP contribution in [0.4, 0.5) is 0 Å². The predicted octanol–water partition coefficient (Wildman–Crippen LogP) is 2.47. The molecule has 27 heavy (non-hydrogen) atoms. The van der Waals surface area contributed by atoms with Gasteiger partial charge in [-0.05, 0) is 51.4 Å². The smallest absolute Gasteiger partial charge is 0.251 e. The van der Waals surface area contributed by atoms with E-state index in [4.69, 9.17) is 0 Å². The lowest BCUT2D eigenvalue weighted by atomic mass is 10.1. The molecule has 2 rings (SSSR count). The number of amides is 1. The van der Waals surface area contributed by atoms with E-state index in [1.807, 2.05) is 30.3 Å². The number of rotatable bonds is 9. The Bertz CT molecular complexity index is 547. The summed E-state index contributed by atoms with van der Waals surface area (Å²) in [6.07, 6.45) is 4.84. The number of aliphatic imine (C=N–C) groups is 1. The Labute approximate surface area is 180 Å². The second-order valence-corrected chi connectivity index (χ2v) is 6.57. The van der Waals surface area contributed by atoms with Crippen LogP contribution in [0.25, 0.3) is 0 Å². The molecule has 0 saturated carbocycles. The van der Waals surface area contributed by atoms with E-state index in [0.717, 1.165) is 32.0 Å². The van der Waals surface area contributed by atoms with E-state index in [9.17, 15) is 4.79 Å². The number of benzene rings is 1. The molecule has 0 atom stereocenters. The Balaban J connectivity index is 0.00000364. The average Bonchev–Trinajstić information content (AvgIpc) is 2.69. The number of nitrogens with one attached hydrogen (secondary N) is 3. The van der Waals surface area contributed by atoms with Crippen molar-refractivity contribution in [1.29, 1.82) is 0 Å². The third-order valence-electron chi connectivity index (χ3n) is 4.44. The molecule has 0 aliphatic carbocycles. The van der Waals surface area contributed by atoms with Gasteiger partial charge >= 0.3 is 0 Å². The standard InChI is InChI=1S/C20H33N5O.HI/c1-2-21-20(24-14-17-25-15-7-4-8-16-25)23-13-9-12-22-19(26)18-10-5-3-6-11-18;/h3,5-6,10-11H,2,4,7-9,12-17H2,1H3,(H,22,26)(H2,21,23,24);1H. The van der Waals surface area contributed by atoms with Gasteiger partial charge in [0, 0.05) is 38.3 Å². The quantitative estimate of drug-likeness (QED) is 0.217. The molecule has 0 radical (unpaired) electrons. The molecule has 1 fully saturated rings. The van der Waals surface area contributed by atoms with Crippen molar-refractivity contribution in [3.8, 4) is 0 Å². The lowest BCUT2D eigenvalue weighted by Gasteiger charge is -2.26. The number of guanidine groups is 1. The monoisotopic (exact) mass is 487 g/mol. The van der Waals surface area contributed by atoms with Crippen molar-refractivity contribution in [3.05, 3.63) is 35.9 Å². The van der Waals surface area contributed by atoms with Gasteiger partial charge in [0.15, 0.2) is 5.96 Å². The summed E-state index contributed by atoms with van der Waals surface area (Å²) >= 11 is 0. The number of halogens is 1. The van der Waals surface area contributed by atoms with Crippen LogP contribution in [0.1, 0.15) is 43.0 Å². The van der Waals surface area contributed by atoms with Gasteiger partial charge in [0.25, 0.3) is 5.91 Å². The van der Waals surface area contributed by atoms with Gasteiger partial charge in [-0.3, -0.25) is 9.79 Å². The molecule has 1 saturated heterocycles. The number of likely N-dealkylation sites (tertiary alicyclic amines) is 1. The second-order valence-electron chi connectivity index (χ2n) is 6.57. The van der Waals surface area contributed by atoms with Gasteiger partial charge in [0.1, 0.15) is 0 Å². The number of hydrogen-bond acceptors (Lipinski definition) is 3. The Morgan fingerprint density at radius 2 is 1.78 bits per heavy atom. The van der Waals surface area contributed by atoms with Crippen LogP contribution in [0.5, 0.6) is 0 Å². The van der Waals surface area contributed by atoms with E-state index in [-0.39, 0.29) is 29.9 Å². The van der Waals surface area contributed by atoms with Crippen molar-refractivity contribution in [1.82, 2.24) is 20.9 Å². The number of carbonyl (C=O) groups excluding carboxylic acids is 1. The first kappa shape index (κ1) is 23.7. The SMILES string of the molecule is CCNC(=NCCCNC(=O)c1ccccc1)NCCN1CCCCC1.I. The minimum absolute atomic E-state index is 0. The van der Waals surface area contributed by atoms with Crippen molar-refractivity contribution < 1.29 is 4.79 Å². The summed E-state index contributed by atoms with van der Waals surface area (Å²) in [4.78, 5) is 19.1. The summed E-state index contributed by atoms with van der Waals surface area (Å²) in [6.45, 7) is 8.65. The van der Waals surface area contributed by atoms with Crippen LogP contribution in [0.2, 0.25) is 0 Å². The van der Waals surface area contributed by atoms with Crippen molar-refractivity contribution in [2.24, 2.45) is 4.99 Å². The fourth-order valence-electron chi connectivity index (χ4n) is 3.02. The van der Waals surface area contributed by atoms with Gasteiger partial charge < -0.3 is 20.9 Å². The normalized spacial score (nSPS) is 14.9. The highest BCUT2D eigenvalue weighted by Gasteiger charge is 2.09. The van der Waals surface area contributed by atoms with Crippen LogP contribution in [0, 0.1) is 0 Å². The Morgan fingerprint density at radius 3 is 2.48 bits per heavy atom. The molecule has 0 bridgehead atoms. The maximum absolute atomic E-state index is 12.0. The molecular formula is C20H34IN5O. The van der Waals surface area contributed by atoms with E-state index in [2.05, 4.69) is 32.8 Å². The van der Waals surface area contributed by atoms with Crippen molar-refractivity contribution in [2.45, 2.75) is 32.6 Å². The highest BCUT2D eigenvalue weighted by molar-refractivity contribution is 14.0. The second kappa shape index (κ2) is 14.7. The Hall–Kier alpha value is -1.35. The number of hydrogen-bond donors (Lipinski definition) is 3. The largest absolute Gasteiger partial charge is 0.357 e. The number of nitrogens with zero attached hydrogens (tertiary/aromatic N) is 2. The average molecular weight is 487 g/mol.